The Bertz CT molecular complexity index is 847. The molecule has 5 nitrogen and oxygen atoms in total. The summed E-state index contributed by atoms with van der Waals surface area (Å²) in [6.45, 7) is 2.96. The number of aromatic nitrogens is 2. The largest absolute Gasteiger partial charge is 0.490 e. The number of amides is 1. The molecule has 6 heteroatoms. The van der Waals surface area contributed by atoms with Crippen molar-refractivity contribution in [2.75, 3.05) is 6.61 Å². The van der Waals surface area contributed by atoms with E-state index in [4.69, 9.17) is 16.3 Å². The number of para-hydroxylation sites is 3. The highest BCUT2D eigenvalue weighted by Gasteiger charge is 2.16. The summed E-state index contributed by atoms with van der Waals surface area (Å²) < 4.78 is 7.85. The molecule has 0 bridgehead atoms. The normalized spacial score (nSPS) is 12.1. The van der Waals surface area contributed by atoms with Crippen LogP contribution < -0.4 is 10.1 Å². The average Bonchev–Trinajstić information content (AvgIpc) is 2.96. The van der Waals surface area contributed by atoms with Crippen LogP contribution in [0.2, 0.25) is 5.02 Å². The molecule has 0 radical (unpaired) electrons. The van der Waals surface area contributed by atoms with Gasteiger partial charge in [-0.15, -0.1) is 0 Å². The van der Waals surface area contributed by atoms with Crippen LogP contribution >= 0.6 is 11.6 Å². The van der Waals surface area contributed by atoms with Gasteiger partial charge in [0.25, 0.3) is 0 Å². The van der Waals surface area contributed by atoms with Crippen LogP contribution in [-0.4, -0.2) is 22.6 Å². The van der Waals surface area contributed by atoms with E-state index in [2.05, 4.69) is 14.9 Å². The van der Waals surface area contributed by atoms with Crippen LogP contribution in [0, 0.1) is 0 Å². The minimum atomic E-state index is -0.185. The van der Waals surface area contributed by atoms with Crippen LogP contribution in [-0.2, 0) is 11.3 Å². The number of rotatable bonds is 7. The van der Waals surface area contributed by atoms with Gasteiger partial charge in [0.15, 0.2) is 0 Å². The van der Waals surface area contributed by atoms with Crippen LogP contribution in [0.25, 0.3) is 11.0 Å². The first-order valence-electron chi connectivity index (χ1n) is 7.73. The summed E-state index contributed by atoms with van der Waals surface area (Å²) in [6.07, 6.45) is 0.689. The fourth-order valence-corrected chi connectivity index (χ4v) is 2.84. The van der Waals surface area contributed by atoms with E-state index in [-0.39, 0.29) is 6.04 Å². The average molecular weight is 344 g/mol. The third kappa shape index (κ3) is 3.36. The molecule has 3 rings (SSSR count). The molecule has 0 spiro atoms. The van der Waals surface area contributed by atoms with Crippen molar-refractivity contribution in [2.24, 2.45) is 0 Å². The van der Waals surface area contributed by atoms with E-state index >= 15 is 0 Å². The fraction of sp³-hybridized carbons (Fsp3) is 0.222. The molecule has 2 aromatic carbocycles. The van der Waals surface area contributed by atoms with Crippen molar-refractivity contribution in [1.29, 1.82) is 0 Å². The summed E-state index contributed by atoms with van der Waals surface area (Å²) in [4.78, 5) is 15.4. The number of nitrogens with zero attached hydrogens (tertiary/aromatic N) is 2. The smallest absolute Gasteiger partial charge is 0.207 e. The molecular formula is C18H18ClN3O2. The van der Waals surface area contributed by atoms with Gasteiger partial charge in [-0.05, 0) is 31.2 Å². The third-order valence-corrected chi connectivity index (χ3v) is 4.11. The number of carbonyl (C=O) groups is 1. The van der Waals surface area contributed by atoms with Crippen molar-refractivity contribution < 1.29 is 9.53 Å². The fourth-order valence-electron chi connectivity index (χ4n) is 2.64. The third-order valence-electron chi connectivity index (χ3n) is 3.80. The van der Waals surface area contributed by atoms with E-state index in [0.717, 1.165) is 16.9 Å². The monoisotopic (exact) mass is 343 g/mol. The molecule has 0 fully saturated rings. The first kappa shape index (κ1) is 16.3. The minimum absolute atomic E-state index is 0.185. The van der Waals surface area contributed by atoms with E-state index in [1.165, 1.54) is 0 Å². The molecule has 0 aliphatic heterocycles. The molecule has 1 atom stereocenters. The van der Waals surface area contributed by atoms with Gasteiger partial charge in [-0.25, -0.2) is 4.98 Å². The quantitative estimate of drug-likeness (QED) is 0.667. The van der Waals surface area contributed by atoms with Crippen LogP contribution in [0.4, 0.5) is 0 Å². The van der Waals surface area contributed by atoms with Gasteiger partial charge in [0.2, 0.25) is 6.41 Å². The number of hydrogen-bond acceptors (Lipinski definition) is 3. The molecule has 0 saturated carbocycles. The predicted molar refractivity (Wildman–Crippen MR) is 94.3 cm³/mol. The minimum Gasteiger partial charge on any atom is -0.490 e. The Balaban J connectivity index is 1.83. The van der Waals surface area contributed by atoms with Crippen molar-refractivity contribution in [1.82, 2.24) is 14.9 Å². The molecule has 1 aromatic heterocycles. The highest BCUT2D eigenvalue weighted by atomic mass is 35.5. The zero-order valence-corrected chi connectivity index (χ0v) is 14.0. The maximum Gasteiger partial charge on any atom is 0.207 e. The summed E-state index contributed by atoms with van der Waals surface area (Å²) in [6, 6.07) is 15.1. The SMILES string of the molecule is CC(NC=O)c1nc2ccccc2n1CCOc1ccccc1Cl. The van der Waals surface area contributed by atoms with Crippen molar-refractivity contribution in [3.8, 4) is 5.75 Å². The molecular weight excluding hydrogens is 326 g/mol. The van der Waals surface area contributed by atoms with E-state index in [9.17, 15) is 4.79 Å². The molecule has 0 aliphatic carbocycles. The first-order chi connectivity index (χ1) is 11.7. The summed E-state index contributed by atoms with van der Waals surface area (Å²) in [5.41, 5.74) is 1.90. The Labute approximate surface area is 145 Å². The Kier molecular flexibility index (Phi) is 5.01. The lowest BCUT2D eigenvalue weighted by Crippen LogP contribution is -2.22. The lowest BCUT2D eigenvalue weighted by atomic mass is 10.3. The lowest BCUT2D eigenvalue weighted by Gasteiger charge is -2.15. The summed E-state index contributed by atoms with van der Waals surface area (Å²) in [7, 11) is 0. The standard InChI is InChI=1S/C18H18ClN3O2/c1-13(20-12-23)18-21-15-7-3-4-8-16(15)22(18)10-11-24-17-9-5-2-6-14(17)19/h2-9,12-13H,10-11H2,1H3,(H,20,23). The van der Waals surface area contributed by atoms with Crippen LogP contribution in [0.3, 0.4) is 0 Å². The second-order valence-corrected chi connectivity index (χ2v) is 5.80. The van der Waals surface area contributed by atoms with Gasteiger partial charge in [-0.1, -0.05) is 35.9 Å². The highest BCUT2D eigenvalue weighted by molar-refractivity contribution is 6.32. The zero-order chi connectivity index (χ0) is 16.9. The van der Waals surface area contributed by atoms with Gasteiger partial charge < -0.3 is 14.6 Å². The first-order valence-corrected chi connectivity index (χ1v) is 8.10. The second kappa shape index (κ2) is 7.36. The van der Waals surface area contributed by atoms with Crippen molar-refractivity contribution >= 4 is 29.0 Å². The van der Waals surface area contributed by atoms with Crippen molar-refractivity contribution in [3.63, 3.8) is 0 Å². The number of carbonyl (C=O) groups excluding carboxylic acids is 1. The van der Waals surface area contributed by atoms with E-state index in [1.807, 2.05) is 49.4 Å². The number of imidazole rings is 1. The maximum atomic E-state index is 10.8. The number of ether oxygens (including phenoxy) is 1. The zero-order valence-electron chi connectivity index (χ0n) is 13.3. The Hall–Kier alpha value is -2.53. The van der Waals surface area contributed by atoms with E-state index < -0.39 is 0 Å². The molecule has 124 valence electrons. The number of fused-ring (bicyclic) bond motifs is 1. The molecule has 1 N–H and O–H groups in total. The molecule has 1 unspecified atom stereocenters. The molecule has 1 amide bonds. The van der Waals surface area contributed by atoms with Crippen molar-refractivity contribution in [2.45, 2.75) is 19.5 Å². The van der Waals surface area contributed by atoms with E-state index in [0.29, 0.717) is 30.3 Å². The molecule has 3 aromatic rings. The Morgan fingerprint density at radius 3 is 2.79 bits per heavy atom. The van der Waals surface area contributed by atoms with Crippen LogP contribution in [0.1, 0.15) is 18.8 Å². The maximum absolute atomic E-state index is 10.8. The Morgan fingerprint density at radius 2 is 2.00 bits per heavy atom. The number of nitrogens with one attached hydrogen (secondary N) is 1. The number of halogens is 1. The van der Waals surface area contributed by atoms with E-state index in [1.54, 1.807) is 6.07 Å². The second-order valence-electron chi connectivity index (χ2n) is 5.40. The summed E-state index contributed by atoms with van der Waals surface area (Å²) in [5, 5.41) is 3.34. The van der Waals surface area contributed by atoms with Crippen LogP contribution in [0.5, 0.6) is 5.75 Å². The Morgan fingerprint density at radius 1 is 1.25 bits per heavy atom. The van der Waals surface area contributed by atoms with Crippen LogP contribution in [0.15, 0.2) is 48.5 Å². The molecule has 24 heavy (non-hydrogen) atoms. The number of hydrogen-bond donors (Lipinski definition) is 1. The van der Waals surface area contributed by atoms with Gasteiger partial charge in [-0.3, -0.25) is 4.79 Å². The van der Waals surface area contributed by atoms with Gasteiger partial charge in [0, 0.05) is 0 Å². The topological polar surface area (TPSA) is 56.2 Å². The predicted octanol–water partition coefficient (Wildman–Crippen LogP) is 3.58. The van der Waals surface area contributed by atoms with Gasteiger partial charge in [0.1, 0.15) is 18.2 Å². The highest BCUT2D eigenvalue weighted by Crippen LogP contribution is 2.24. The molecule has 0 saturated heterocycles. The van der Waals surface area contributed by atoms with Gasteiger partial charge in [0.05, 0.1) is 28.6 Å². The van der Waals surface area contributed by atoms with Crippen molar-refractivity contribution in [3.05, 3.63) is 59.4 Å². The molecule has 1 heterocycles. The molecule has 0 aliphatic rings. The summed E-state index contributed by atoms with van der Waals surface area (Å²) >= 11 is 6.11. The lowest BCUT2D eigenvalue weighted by molar-refractivity contribution is -0.110. The number of benzene rings is 2. The summed E-state index contributed by atoms with van der Waals surface area (Å²) in [5.74, 6) is 1.45. The van der Waals surface area contributed by atoms with Gasteiger partial charge >= 0.3 is 0 Å². The van der Waals surface area contributed by atoms with Gasteiger partial charge in [-0.2, -0.15) is 0 Å².